The van der Waals surface area contributed by atoms with Gasteiger partial charge in [0, 0.05) is 25.0 Å². The molecule has 5 heteroatoms. The molecule has 0 saturated carbocycles. The fourth-order valence-electron chi connectivity index (χ4n) is 1.88. The van der Waals surface area contributed by atoms with Crippen molar-refractivity contribution in [1.82, 2.24) is 9.80 Å². The number of nitrogens with zero attached hydrogens (tertiary/aromatic N) is 2. The van der Waals surface area contributed by atoms with E-state index in [2.05, 4.69) is 11.8 Å². The van der Waals surface area contributed by atoms with Crippen molar-refractivity contribution in [1.29, 1.82) is 0 Å². The normalized spacial score (nSPS) is 23.3. The SMILES string of the molecule is CCN1C=CC=CC1=CC=C1SC(=S)N(CC)C1=O. The number of allylic oxidation sites excluding steroid dienone is 5. The molecular weight excluding hydrogens is 276 g/mol. The van der Waals surface area contributed by atoms with Crippen LogP contribution in [0.1, 0.15) is 13.8 Å². The minimum Gasteiger partial charge on any atom is -0.348 e. The Hall–Kier alpha value is -1.33. The molecule has 0 atom stereocenters. The molecule has 0 unspecified atom stereocenters. The molecule has 1 fully saturated rings. The van der Waals surface area contributed by atoms with Crippen molar-refractivity contribution in [2.45, 2.75) is 13.8 Å². The summed E-state index contributed by atoms with van der Waals surface area (Å²) in [5.74, 6) is 0.00716. The van der Waals surface area contributed by atoms with Gasteiger partial charge in [0.15, 0.2) is 0 Å². The van der Waals surface area contributed by atoms with Crippen LogP contribution >= 0.6 is 24.0 Å². The van der Waals surface area contributed by atoms with Crippen LogP contribution in [0, 0.1) is 0 Å². The first-order chi connectivity index (χ1) is 9.17. The Balaban J connectivity index is 2.19. The first kappa shape index (κ1) is 14.1. The maximum absolute atomic E-state index is 12.0. The van der Waals surface area contributed by atoms with Crippen LogP contribution in [-0.2, 0) is 4.79 Å². The van der Waals surface area contributed by atoms with Crippen molar-refractivity contribution in [2.75, 3.05) is 13.1 Å². The molecular formula is C14H16N2OS2. The smallest absolute Gasteiger partial charge is 0.266 e. The predicted octanol–water partition coefficient (Wildman–Crippen LogP) is 3.04. The molecule has 0 spiro atoms. The molecule has 0 aromatic carbocycles. The van der Waals surface area contributed by atoms with Gasteiger partial charge < -0.3 is 4.90 Å². The number of thiocarbonyl (C=S) groups is 1. The minimum atomic E-state index is 0.00716. The summed E-state index contributed by atoms with van der Waals surface area (Å²) in [7, 11) is 0. The topological polar surface area (TPSA) is 23.6 Å². The van der Waals surface area contributed by atoms with Crippen LogP contribution in [0.25, 0.3) is 0 Å². The lowest BCUT2D eigenvalue weighted by Crippen LogP contribution is -2.27. The quantitative estimate of drug-likeness (QED) is 0.589. The van der Waals surface area contributed by atoms with E-state index < -0.39 is 0 Å². The Morgan fingerprint density at radius 1 is 1.26 bits per heavy atom. The molecule has 1 amide bonds. The van der Waals surface area contributed by atoms with Crippen LogP contribution in [0.5, 0.6) is 0 Å². The van der Waals surface area contributed by atoms with Gasteiger partial charge in [-0.2, -0.15) is 0 Å². The molecule has 0 bridgehead atoms. The molecule has 2 heterocycles. The first-order valence-electron chi connectivity index (χ1n) is 6.24. The number of carbonyl (C=O) groups is 1. The van der Waals surface area contributed by atoms with E-state index in [-0.39, 0.29) is 5.91 Å². The van der Waals surface area contributed by atoms with Gasteiger partial charge in [-0.1, -0.05) is 30.1 Å². The lowest BCUT2D eigenvalue weighted by atomic mass is 10.2. The third-order valence-corrected chi connectivity index (χ3v) is 4.31. The Bertz CT molecular complexity index is 518. The van der Waals surface area contributed by atoms with E-state index in [4.69, 9.17) is 12.2 Å². The highest BCUT2D eigenvalue weighted by molar-refractivity contribution is 8.26. The number of amides is 1. The highest BCUT2D eigenvalue weighted by Gasteiger charge is 2.30. The number of hydrogen-bond donors (Lipinski definition) is 0. The Morgan fingerprint density at radius 3 is 2.68 bits per heavy atom. The van der Waals surface area contributed by atoms with Gasteiger partial charge in [-0.25, -0.2) is 0 Å². The summed E-state index contributed by atoms with van der Waals surface area (Å²) in [4.78, 5) is 16.5. The van der Waals surface area contributed by atoms with Crippen LogP contribution in [0.15, 0.2) is 47.2 Å². The molecule has 0 aromatic rings. The molecule has 0 aromatic heterocycles. The third kappa shape index (κ3) is 2.98. The highest BCUT2D eigenvalue weighted by Crippen LogP contribution is 2.30. The second-order valence-corrected chi connectivity index (χ2v) is 5.70. The zero-order valence-corrected chi connectivity index (χ0v) is 12.6. The lowest BCUT2D eigenvalue weighted by Gasteiger charge is -2.21. The fourth-order valence-corrected chi connectivity index (χ4v) is 3.20. The van der Waals surface area contributed by atoms with E-state index in [1.807, 2.05) is 43.5 Å². The summed E-state index contributed by atoms with van der Waals surface area (Å²) < 4.78 is 0.642. The van der Waals surface area contributed by atoms with E-state index in [0.717, 1.165) is 12.2 Å². The molecule has 2 rings (SSSR count). The van der Waals surface area contributed by atoms with Crippen molar-refractivity contribution >= 4 is 34.2 Å². The Kier molecular flexibility index (Phi) is 4.61. The third-order valence-electron chi connectivity index (χ3n) is 2.91. The van der Waals surface area contributed by atoms with Gasteiger partial charge in [-0.15, -0.1) is 0 Å². The second-order valence-electron chi connectivity index (χ2n) is 4.03. The van der Waals surface area contributed by atoms with Gasteiger partial charge in [0.2, 0.25) is 0 Å². The van der Waals surface area contributed by atoms with Gasteiger partial charge in [0.25, 0.3) is 5.91 Å². The summed E-state index contributed by atoms with van der Waals surface area (Å²) in [5, 5.41) is 0. The maximum atomic E-state index is 12.0. The number of rotatable bonds is 3. The van der Waals surface area contributed by atoms with Gasteiger partial charge in [0.05, 0.1) is 4.91 Å². The lowest BCUT2D eigenvalue weighted by molar-refractivity contribution is -0.122. The summed E-state index contributed by atoms with van der Waals surface area (Å²) in [6, 6.07) is 0. The van der Waals surface area contributed by atoms with Gasteiger partial charge in [-0.3, -0.25) is 9.69 Å². The van der Waals surface area contributed by atoms with Crippen LogP contribution < -0.4 is 0 Å². The standard InChI is InChI=1S/C14H16N2OS2/c1-3-15-10-6-5-7-11(15)8-9-12-13(17)16(4-2)14(18)19-12/h5-10H,3-4H2,1-2H3. The van der Waals surface area contributed by atoms with E-state index in [0.29, 0.717) is 15.8 Å². The summed E-state index contributed by atoms with van der Waals surface area (Å²) in [6.07, 6.45) is 11.9. The summed E-state index contributed by atoms with van der Waals surface area (Å²) >= 11 is 6.55. The van der Waals surface area contributed by atoms with E-state index >= 15 is 0 Å². The molecule has 100 valence electrons. The average Bonchev–Trinajstić information content (AvgIpc) is 2.71. The predicted molar refractivity (Wildman–Crippen MR) is 84.4 cm³/mol. The van der Waals surface area contributed by atoms with Crippen molar-refractivity contribution in [2.24, 2.45) is 0 Å². The van der Waals surface area contributed by atoms with E-state index in [1.54, 1.807) is 4.90 Å². The van der Waals surface area contributed by atoms with Crippen molar-refractivity contribution < 1.29 is 4.79 Å². The molecule has 0 radical (unpaired) electrons. The largest absolute Gasteiger partial charge is 0.348 e. The number of carbonyl (C=O) groups excluding carboxylic acids is 1. The van der Waals surface area contributed by atoms with Crippen molar-refractivity contribution in [3.63, 3.8) is 0 Å². The fraction of sp³-hybridized carbons (Fsp3) is 0.286. The Morgan fingerprint density at radius 2 is 2.05 bits per heavy atom. The van der Waals surface area contributed by atoms with Gasteiger partial charge in [0.1, 0.15) is 4.32 Å². The van der Waals surface area contributed by atoms with E-state index in [9.17, 15) is 4.79 Å². The zero-order chi connectivity index (χ0) is 13.8. The molecule has 0 N–H and O–H groups in total. The Labute approximate surface area is 123 Å². The monoisotopic (exact) mass is 292 g/mol. The highest BCUT2D eigenvalue weighted by atomic mass is 32.2. The summed E-state index contributed by atoms with van der Waals surface area (Å²) in [5.41, 5.74) is 1.08. The number of likely N-dealkylation sites (N-methyl/N-ethyl adjacent to an activating group) is 2. The van der Waals surface area contributed by atoms with Crippen molar-refractivity contribution in [3.8, 4) is 0 Å². The molecule has 2 aliphatic rings. The number of thioether (sulfide) groups is 1. The molecule has 19 heavy (non-hydrogen) atoms. The summed E-state index contributed by atoms with van der Waals surface area (Å²) in [6.45, 7) is 5.55. The van der Waals surface area contributed by atoms with Crippen LogP contribution in [0.3, 0.4) is 0 Å². The zero-order valence-electron chi connectivity index (χ0n) is 11.0. The molecule has 1 saturated heterocycles. The average molecular weight is 292 g/mol. The molecule has 2 aliphatic heterocycles. The van der Waals surface area contributed by atoms with Crippen molar-refractivity contribution in [3.05, 3.63) is 47.2 Å². The maximum Gasteiger partial charge on any atom is 0.266 e. The molecule has 0 aliphatic carbocycles. The van der Waals surface area contributed by atoms with Crippen LogP contribution in [0.4, 0.5) is 0 Å². The molecule has 3 nitrogen and oxygen atoms in total. The van der Waals surface area contributed by atoms with E-state index in [1.165, 1.54) is 11.8 Å². The van der Waals surface area contributed by atoms with Gasteiger partial charge >= 0.3 is 0 Å². The second kappa shape index (κ2) is 6.21. The van der Waals surface area contributed by atoms with Crippen LogP contribution in [0.2, 0.25) is 0 Å². The number of hydrogen-bond acceptors (Lipinski definition) is 4. The van der Waals surface area contributed by atoms with Crippen LogP contribution in [-0.4, -0.2) is 33.1 Å². The first-order valence-corrected chi connectivity index (χ1v) is 7.47. The minimum absolute atomic E-state index is 0.00716. The van der Waals surface area contributed by atoms with Gasteiger partial charge in [-0.05, 0) is 38.2 Å².